The number of ether oxygens (including phenoxy) is 1. The van der Waals surface area contributed by atoms with Crippen LogP contribution in [-0.4, -0.2) is 23.7 Å². The van der Waals surface area contributed by atoms with Crippen LogP contribution in [-0.2, 0) is 4.74 Å². The Morgan fingerprint density at radius 3 is 2.94 bits per heavy atom. The minimum absolute atomic E-state index is 0.287. The molecule has 0 aromatic carbocycles. The van der Waals surface area contributed by atoms with Crippen LogP contribution in [0.25, 0.3) is 0 Å². The molecule has 0 amide bonds. The van der Waals surface area contributed by atoms with E-state index in [0.29, 0.717) is 22.5 Å². The van der Waals surface area contributed by atoms with Gasteiger partial charge in [0.1, 0.15) is 11.0 Å². The summed E-state index contributed by atoms with van der Waals surface area (Å²) in [5.74, 6) is 1.36. The highest BCUT2D eigenvalue weighted by Gasteiger charge is 2.40. The number of aromatic nitrogens is 1. The Morgan fingerprint density at radius 1 is 1.39 bits per heavy atom. The molecule has 5 heteroatoms. The lowest BCUT2D eigenvalue weighted by molar-refractivity contribution is 0.0898. The molecule has 1 saturated carbocycles. The van der Waals surface area contributed by atoms with E-state index in [-0.39, 0.29) is 12.1 Å². The van der Waals surface area contributed by atoms with Crippen LogP contribution in [0.4, 0.5) is 5.82 Å². The first-order valence-electron chi connectivity index (χ1n) is 6.22. The van der Waals surface area contributed by atoms with E-state index in [2.05, 4.69) is 16.4 Å². The molecule has 1 saturated heterocycles. The second-order valence-corrected chi connectivity index (χ2v) is 5.28. The van der Waals surface area contributed by atoms with Gasteiger partial charge in [-0.25, -0.2) is 4.98 Å². The van der Waals surface area contributed by atoms with E-state index < -0.39 is 0 Å². The van der Waals surface area contributed by atoms with E-state index in [1.807, 2.05) is 0 Å². The third kappa shape index (κ3) is 2.43. The van der Waals surface area contributed by atoms with Crippen LogP contribution in [0.1, 0.15) is 24.8 Å². The zero-order valence-corrected chi connectivity index (χ0v) is 10.7. The maximum Gasteiger partial charge on any atom is 0.132 e. The maximum atomic E-state index is 8.91. The van der Waals surface area contributed by atoms with Gasteiger partial charge in [0.2, 0.25) is 0 Å². The molecule has 18 heavy (non-hydrogen) atoms. The number of hydrogen-bond acceptors (Lipinski definition) is 4. The number of rotatable bonds is 3. The molecule has 2 fully saturated rings. The van der Waals surface area contributed by atoms with E-state index in [0.717, 1.165) is 13.0 Å². The Balaban J connectivity index is 1.75. The van der Waals surface area contributed by atoms with Crippen molar-refractivity contribution in [3.63, 3.8) is 0 Å². The van der Waals surface area contributed by atoms with Gasteiger partial charge in [0.15, 0.2) is 0 Å². The van der Waals surface area contributed by atoms with E-state index in [1.165, 1.54) is 12.8 Å². The van der Waals surface area contributed by atoms with Gasteiger partial charge in [-0.3, -0.25) is 0 Å². The lowest BCUT2D eigenvalue weighted by atomic mass is 10.1. The van der Waals surface area contributed by atoms with Crippen LogP contribution in [0.3, 0.4) is 0 Å². The summed E-state index contributed by atoms with van der Waals surface area (Å²) < 4.78 is 5.76. The van der Waals surface area contributed by atoms with E-state index in [9.17, 15) is 0 Å². The smallest absolute Gasteiger partial charge is 0.132 e. The molecule has 1 aliphatic carbocycles. The van der Waals surface area contributed by atoms with Crippen LogP contribution in [0.5, 0.6) is 0 Å². The number of nitriles is 1. The Labute approximate surface area is 111 Å². The summed E-state index contributed by atoms with van der Waals surface area (Å²) in [6.45, 7) is 0.796. The molecule has 0 spiro atoms. The van der Waals surface area contributed by atoms with Gasteiger partial charge in [-0.1, -0.05) is 11.6 Å². The summed E-state index contributed by atoms with van der Waals surface area (Å²) in [7, 11) is 0. The Kier molecular flexibility index (Phi) is 3.11. The number of pyridine rings is 1. The first-order chi connectivity index (χ1) is 8.76. The number of halogens is 1. The molecule has 2 atom stereocenters. The van der Waals surface area contributed by atoms with Gasteiger partial charge >= 0.3 is 0 Å². The molecule has 4 nitrogen and oxygen atoms in total. The second kappa shape index (κ2) is 4.75. The fourth-order valence-electron chi connectivity index (χ4n) is 2.48. The lowest BCUT2D eigenvalue weighted by Gasteiger charge is -2.20. The summed E-state index contributed by atoms with van der Waals surface area (Å²) in [5, 5.41) is 12.6. The largest absolute Gasteiger partial charge is 0.376 e. The van der Waals surface area contributed by atoms with Crippen molar-refractivity contribution in [3.05, 3.63) is 22.8 Å². The topological polar surface area (TPSA) is 57.9 Å². The molecular weight excluding hydrogens is 250 g/mol. The molecular formula is C13H14ClN3O. The molecule has 3 rings (SSSR count). The number of anilines is 1. The van der Waals surface area contributed by atoms with Gasteiger partial charge in [-0.15, -0.1) is 0 Å². The first-order valence-corrected chi connectivity index (χ1v) is 6.60. The monoisotopic (exact) mass is 263 g/mol. The zero-order valence-electron chi connectivity index (χ0n) is 9.90. The molecule has 94 valence electrons. The van der Waals surface area contributed by atoms with Crippen LogP contribution in [0.2, 0.25) is 5.15 Å². The van der Waals surface area contributed by atoms with Crippen LogP contribution in [0.15, 0.2) is 12.1 Å². The van der Waals surface area contributed by atoms with E-state index in [4.69, 9.17) is 21.6 Å². The quantitative estimate of drug-likeness (QED) is 0.852. The van der Waals surface area contributed by atoms with Crippen molar-refractivity contribution < 1.29 is 4.74 Å². The van der Waals surface area contributed by atoms with Crippen LogP contribution in [0, 0.1) is 17.2 Å². The molecule has 1 aliphatic heterocycles. The van der Waals surface area contributed by atoms with Crippen molar-refractivity contribution in [2.24, 2.45) is 5.92 Å². The Hall–Kier alpha value is -1.31. The Bertz CT molecular complexity index is 495. The lowest BCUT2D eigenvalue weighted by Crippen LogP contribution is -2.31. The third-order valence-corrected chi connectivity index (χ3v) is 3.67. The maximum absolute atomic E-state index is 8.91. The van der Waals surface area contributed by atoms with Crippen molar-refractivity contribution in [1.29, 1.82) is 5.26 Å². The molecule has 1 N–H and O–H groups in total. The van der Waals surface area contributed by atoms with Gasteiger partial charge < -0.3 is 10.1 Å². The van der Waals surface area contributed by atoms with Crippen molar-refractivity contribution >= 4 is 17.4 Å². The highest BCUT2D eigenvalue weighted by molar-refractivity contribution is 6.29. The molecule has 2 unspecified atom stereocenters. The standard InChI is InChI=1S/C13H14ClN3O/c14-11-5-8(7-15)6-12(17-11)16-10-3-4-18-13(10)9-1-2-9/h5-6,9-10,13H,1-4H2,(H,16,17). The number of hydrogen-bond donors (Lipinski definition) is 1. The summed E-state index contributed by atoms with van der Waals surface area (Å²) in [6.07, 6.45) is 3.79. The van der Waals surface area contributed by atoms with Gasteiger partial charge in [0, 0.05) is 6.61 Å². The highest BCUT2D eigenvalue weighted by Crippen LogP contribution is 2.39. The van der Waals surface area contributed by atoms with Crippen molar-refractivity contribution in [2.45, 2.75) is 31.4 Å². The molecule has 0 bridgehead atoms. The van der Waals surface area contributed by atoms with E-state index >= 15 is 0 Å². The van der Waals surface area contributed by atoms with Crippen LogP contribution >= 0.6 is 11.6 Å². The van der Waals surface area contributed by atoms with Gasteiger partial charge in [-0.05, 0) is 37.3 Å². The summed E-state index contributed by atoms with van der Waals surface area (Å²) >= 11 is 5.89. The fourth-order valence-corrected chi connectivity index (χ4v) is 2.69. The average Bonchev–Trinajstić information content (AvgIpc) is 3.10. The predicted molar refractivity (Wildman–Crippen MR) is 68.5 cm³/mol. The molecule has 1 aromatic rings. The molecule has 2 aliphatic rings. The summed E-state index contributed by atoms with van der Waals surface area (Å²) in [5.41, 5.74) is 0.527. The van der Waals surface area contributed by atoms with Gasteiger partial charge in [0.05, 0.1) is 23.8 Å². The average molecular weight is 264 g/mol. The molecule has 1 aromatic heterocycles. The van der Waals surface area contributed by atoms with E-state index in [1.54, 1.807) is 12.1 Å². The van der Waals surface area contributed by atoms with Crippen molar-refractivity contribution in [2.75, 3.05) is 11.9 Å². The Morgan fingerprint density at radius 2 is 2.22 bits per heavy atom. The highest BCUT2D eigenvalue weighted by atomic mass is 35.5. The SMILES string of the molecule is N#Cc1cc(Cl)nc(NC2CCOC2C2CC2)c1. The first kappa shape index (κ1) is 11.8. The zero-order chi connectivity index (χ0) is 12.5. The van der Waals surface area contributed by atoms with Gasteiger partial charge in [0.25, 0.3) is 0 Å². The molecule has 2 heterocycles. The second-order valence-electron chi connectivity index (χ2n) is 4.89. The van der Waals surface area contributed by atoms with Gasteiger partial charge in [-0.2, -0.15) is 5.26 Å². The summed E-state index contributed by atoms with van der Waals surface area (Å²) in [4.78, 5) is 4.21. The van der Waals surface area contributed by atoms with Crippen LogP contribution < -0.4 is 5.32 Å². The van der Waals surface area contributed by atoms with Crippen molar-refractivity contribution in [1.82, 2.24) is 4.98 Å². The normalized spacial score (nSPS) is 26.9. The predicted octanol–water partition coefficient (Wildman–Crippen LogP) is 2.59. The fraction of sp³-hybridized carbons (Fsp3) is 0.538. The third-order valence-electron chi connectivity index (χ3n) is 3.48. The number of nitrogens with one attached hydrogen (secondary N) is 1. The van der Waals surface area contributed by atoms with Crippen molar-refractivity contribution in [3.8, 4) is 6.07 Å². The summed E-state index contributed by atoms with van der Waals surface area (Å²) in [6, 6.07) is 5.67. The minimum atomic E-state index is 0.287. The minimum Gasteiger partial charge on any atom is -0.376 e. The number of nitrogens with zero attached hydrogens (tertiary/aromatic N) is 2. The molecule has 0 radical (unpaired) electrons.